The second-order valence-electron chi connectivity index (χ2n) is 20.5. The zero-order valence-electron chi connectivity index (χ0n) is 41.9. The highest BCUT2D eigenvalue weighted by atomic mass is 16.5. The molecule has 7 amide bonds. The van der Waals surface area contributed by atoms with Crippen LogP contribution in [0.3, 0.4) is 0 Å². The Bertz CT molecular complexity index is 2280. The number of hydrogen-bond donors (Lipinski definition) is 7. The van der Waals surface area contributed by atoms with Crippen LogP contribution in [-0.2, 0) is 28.8 Å². The van der Waals surface area contributed by atoms with E-state index < -0.39 is 54.2 Å². The molecule has 4 aliphatic heterocycles. The average Bonchev–Trinajstić information content (AvgIpc) is 4.11. The van der Waals surface area contributed by atoms with Crippen molar-refractivity contribution in [2.75, 3.05) is 45.7 Å². The minimum Gasteiger partial charge on any atom is -0.492 e. The molecule has 4 heterocycles. The van der Waals surface area contributed by atoms with E-state index >= 15 is 0 Å². The molecule has 0 bridgehead atoms. The van der Waals surface area contributed by atoms with Gasteiger partial charge in [0.05, 0.1) is 48.6 Å². The molecule has 8 rings (SSSR count). The number of ether oxygens (including phenoxy) is 2. The van der Waals surface area contributed by atoms with Crippen molar-refractivity contribution < 1.29 is 43.0 Å². The quantitative estimate of drug-likeness (QED) is 0.127. The van der Waals surface area contributed by atoms with Crippen LogP contribution in [0.2, 0.25) is 0 Å². The molecule has 4 fully saturated rings. The van der Waals surface area contributed by atoms with Gasteiger partial charge in [-0.2, -0.15) is 0 Å². The monoisotopic (exact) mass is 982 g/mol. The first-order valence-corrected chi connectivity index (χ1v) is 26.4. The van der Waals surface area contributed by atoms with Gasteiger partial charge in [-0.15, -0.1) is 0 Å². The maximum atomic E-state index is 14.3. The minimum atomic E-state index is -0.707. The molecule has 0 aromatic heterocycles. The molecule has 7 N–H and O–H groups in total. The number of anilines is 1. The van der Waals surface area contributed by atoms with Crippen LogP contribution in [-0.4, -0.2) is 128 Å². The Balaban J connectivity index is 0.930. The molecule has 386 valence electrons. The first-order chi connectivity index (χ1) is 34.4. The highest BCUT2D eigenvalue weighted by Gasteiger charge is 2.44. The number of nitrogens with zero attached hydrogens (tertiary/aromatic N) is 2. The van der Waals surface area contributed by atoms with Gasteiger partial charge in [0, 0.05) is 37.1 Å². The van der Waals surface area contributed by atoms with Gasteiger partial charge in [0.25, 0.3) is 5.91 Å². The lowest BCUT2D eigenvalue weighted by Crippen LogP contribution is -2.58. The number of fused-ring (bicyclic) bond motifs is 2. The largest absolute Gasteiger partial charge is 0.492 e. The van der Waals surface area contributed by atoms with Gasteiger partial charge in [-0.25, -0.2) is 0 Å². The average molecular weight is 982 g/mol. The molecule has 6 aliphatic rings. The van der Waals surface area contributed by atoms with Gasteiger partial charge in [0.15, 0.2) is 0 Å². The van der Waals surface area contributed by atoms with Gasteiger partial charge in [-0.05, 0) is 103 Å². The Hall–Kier alpha value is -5.75. The predicted octanol–water partition coefficient (Wildman–Crippen LogP) is 4.15. The predicted molar refractivity (Wildman–Crippen MR) is 266 cm³/mol. The van der Waals surface area contributed by atoms with Crippen molar-refractivity contribution >= 4 is 47.0 Å². The van der Waals surface area contributed by atoms with E-state index in [2.05, 4.69) is 37.2 Å². The number of carbonyl (C=O) groups is 7. The first-order valence-electron chi connectivity index (χ1n) is 26.4. The normalized spacial score (nSPS) is 24.1. The fraction of sp³-hybridized carbons (Fsp3) is 0.642. The number of likely N-dealkylation sites (tertiary alicyclic amines) is 2. The third-order valence-electron chi connectivity index (χ3n) is 16.0. The van der Waals surface area contributed by atoms with Crippen LogP contribution in [0, 0.1) is 11.8 Å². The maximum Gasteiger partial charge on any atom is 0.259 e. The molecule has 18 nitrogen and oxygen atoms in total. The standard InChI is InChI=1S/C53H75N9O9/c1-31(54-3)47(63)59-43(33-15-7-5-8-16-33)52(68)61-27-13-23-41(61)50(66)56-38-25-29-70-45-35(38)19-11-21-37(45)49(65)58-40-22-12-20-36-39(26-30-71-46(36)40)57-51(67)42-24-14-28-62(42)53(69)44(34-17-9-6-10-18-34)60-48(64)32(2)55-4/h11-12,19-22,31-34,38-39,41-44,54-55H,5-10,13-18,23-30H2,1-4H3,(H,56,66)(H,57,67)(H,58,65)(H,59,63)(H,60,64)/t31-,32-,38+,39+,41-,42-,43-,44-/m0/s1. The molecule has 2 aliphatic carbocycles. The van der Waals surface area contributed by atoms with Gasteiger partial charge in [-0.1, -0.05) is 62.8 Å². The van der Waals surface area contributed by atoms with E-state index in [4.69, 9.17) is 9.47 Å². The van der Waals surface area contributed by atoms with Crippen molar-refractivity contribution in [1.29, 1.82) is 0 Å². The van der Waals surface area contributed by atoms with Crippen LogP contribution in [0.4, 0.5) is 5.69 Å². The van der Waals surface area contributed by atoms with Crippen molar-refractivity contribution in [2.24, 2.45) is 11.8 Å². The SMILES string of the molecule is CN[C@@H](C)C(=O)N[C@H](C(=O)N1CCC[C@H]1C(=O)N[C@@H]1CCOc2c(NC(=O)c3cccc4c3OCC[C@H]4NC(=O)[C@@H]3CCCN3C(=O)[C@@H](NC(=O)[C@H](C)NC)C3CCCCC3)cccc21)C1CCCCC1. The highest BCUT2D eigenvalue weighted by Crippen LogP contribution is 2.41. The summed E-state index contributed by atoms with van der Waals surface area (Å²) in [5, 5.41) is 21.4. The lowest BCUT2D eigenvalue weighted by atomic mass is 9.83. The summed E-state index contributed by atoms with van der Waals surface area (Å²) in [7, 11) is 3.41. The molecule has 2 aromatic rings. The lowest BCUT2D eigenvalue weighted by Gasteiger charge is -2.36. The Labute approximate surface area is 417 Å². The van der Waals surface area contributed by atoms with Gasteiger partial charge < -0.3 is 56.5 Å². The molecular weight excluding hydrogens is 907 g/mol. The molecule has 2 saturated heterocycles. The molecule has 2 saturated carbocycles. The number of benzene rings is 2. The zero-order chi connectivity index (χ0) is 50.2. The number of amides is 7. The van der Waals surface area contributed by atoms with Gasteiger partial charge in [-0.3, -0.25) is 33.6 Å². The summed E-state index contributed by atoms with van der Waals surface area (Å²) in [6, 6.07) is 5.98. The van der Waals surface area contributed by atoms with Crippen LogP contribution in [0.1, 0.15) is 150 Å². The van der Waals surface area contributed by atoms with Crippen LogP contribution in [0.25, 0.3) is 0 Å². The van der Waals surface area contributed by atoms with Gasteiger partial charge >= 0.3 is 0 Å². The van der Waals surface area contributed by atoms with Crippen molar-refractivity contribution in [2.45, 2.75) is 165 Å². The van der Waals surface area contributed by atoms with E-state index in [9.17, 15) is 33.6 Å². The van der Waals surface area contributed by atoms with Crippen molar-refractivity contribution in [3.05, 3.63) is 53.1 Å². The fourth-order valence-electron chi connectivity index (χ4n) is 11.6. The van der Waals surface area contributed by atoms with Gasteiger partial charge in [0.2, 0.25) is 35.4 Å². The fourth-order valence-corrected chi connectivity index (χ4v) is 11.6. The molecule has 18 heteroatoms. The smallest absolute Gasteiger partial charge is 0.259 e. The molecule has 0 radical (unpaired) electrons. The molecule has 2 aromatic carbocycles. The number of hydrogen-bond acceptors (Lipinski definition) is 11. The summed E-state index contributed by atoms with van der Waals surface area (Å²) in [5.74, 6) is -1.11. The summed E-state index contributed by atoms with van der Waals surface area (Å²) in [4.78, 5) is 101. The number of carbonyl (C=O) groups excluding carboxylic acids is 7. The summed E-state index contributed by atoms with van der Waals surface area (Å²) in [6.07, 6.45) is 12.8. The Morgan fingerprint density at radius 3 is 1.48 bits per heavy atom. The second kappa shape index (κ2) is 23.7. The number of likely N-dealkylation sites (N-methyl/N-ethyl adjacent to an activating group) is 2. The lowest BCUT2D eigenvalue weighted by molar-refractivity contribution is -0.143. The molecular formula is C53H75N9O9. The number of rotatable bonds is 16. The summed E-state index contributed by atoms with van der Waals surface area (Å²) in [5.41, 5.74) is 2.03. The van der Waals surface area contributed by atoms with Crippen LogP contribution < -0.4 is 46.7 Å². The maximum absolute atomic E-state index is 14.3. The Morgan fingerprint density at radius 1 is 0.549 bits per heavy atom. The van der Waals surface area contributed by atoms with Crippen LogP contribution in [0.15, 0.2) is 36.4 Å². The third-order valence-corrected chi connectivity index (χ3v) is 16.0. The van der Waals surface area contributed by atoms with Crippen molar-refractivity contribution in [3.8, 4) is 11.5 Å². The Kier molecular flexibility index (Phi) is 17.2. The van der Waals surface area contributed by atoms with E-state index in [1.165, 1.54) is 0 Å². The first kappa shape index (κ1) is 51.6. The summed E-state index contributed by atoms with van der Waals surface area (Å²) in [6.45, 7) is 4.89. The molecule has 0 spiro atoms. The zero-order valence-corrected chi connectivity index (χ0v) is 41.9. The van der Waals surface area contributed by atoms with Crippen molar-refractivity contribution in [1.82, 2.24) is 41.7 Å². The van der Waals surface area contributed by atoms with E-state index in [0.717, 1.165) is 64.2 Å². The minimum absolute atomic E-state index is 0.00184. The summed E-state index contributed by atoms with van der Waals surface area (Å²) >= 11 is 0. The van der Waals surface area contributed by atoms with E-state index in [1.807, 2.05) is 12.1 Å². The van der Waals surface area contributed by atoms with Crippen LogP contribution in [0.5, 0.6) is 11.5 Å². The topological polar surface area (TPSA) is 229 Å². The number of nitrogens with one attached hydrogen (secondary N) is 7. The molecule has 71 heavy (non-hydrogen) atoms. The van der Waals surface area contributed by atoms with Crippen molar-refractivity contribution in [3.63, 3.8) is 0 Å². The van der Waals surface area contributed by atoms with Crippen LogP contribution >= 0.6 is 0 Å². The number of para-hydroxylation sites is 2. The molecule has 0 unspecified atom stereocenters. The van der Waals surface area contributed by atoms with E-state index in [1.54, 1.807) is 62.0 Å². The highest BCUT2D eigenvalue weighted by molar-refractivity contribution is 6.07. The Morgan fingerprint density at radius 2 is 1.00 bits per heavy atom. The second-order valence-corrected chi connectivity index (χ2v) is 20.5. The van der Waals surface area contributed by atoms with Gasteiger partial charge in [0.1, 0.15) is 35.7 Å². The molecule has 8 atom stereocenters. The van der Waals surface area contributed by atoms with E-state index in [-0.39, 0.29) is 66.1 Å². The third kappa shape index (κ3) is 11.6. The summed E-state index contributed by atoms with van der Waals surface area (Å²) < 4.78 is 12.3. The van der Waals surface area contributed by atoms with E-state index in [0.29, 0.717) is 79.9 Å².